The van der Waals surface area contributed by atoms with Gasteiger partial charge in [-0.15, -0.1) is 35.3 Å². The fourth-order valence-corrected chi connectivity index (χ4v) is 3.95. The zero-order valence-electron chi connectivity index (χ0n) is 17.0. The summed E-state index contributed by atoms with van der Waals surface area (Å²) in [5.41, 5.74) is 0. The lowest BCUT2D eigenvalue weighted by Crippen LogP contribution is -2.40. The lowest BCUT2D eigenvalue weighted by atomic mass is 9.97. The van der Waals surface area contributed by atoms with Gasteiger partial charge in [0.25, 0.3) is 0 Å². The molecule has 1 fully saturated rings. The highest BCUT2D eigenvalue weighted by atomic mass is 127. The van der Waals surface area contributed by atoms with Crippen LogP contribution in [0.2, 0.25) is 0 Å². The van der Waals surface area contributed by atoms with Crippen LogP contribution in [0.15, 0.2) is 11.2 Å². The van der Waals surface area contributed by atoms with E-state index < -0.39 is 0 Å². The average Bonchev–Trinajstić information content (AvgIpc) is 3.13. The third kappa shape index (κ3) is 9.54. The van der Waals surface area contributed by atoms with Crippen molar-refractivity contribution in [3.05, 3.63) is 16.1 Å². The number of guanidine groups is 1. The van der Waals surface area contributed by atoms with Crippen molar-refractivity contribution in [3.63, 3.8) is 0 Å². The summed E-state index contributed by atoms with van der Waals surface area (Å²) in [5.74, 6) is 1.62. The Labute approximate surface area is 185 Å². The zero-order chi connectivity index (χ0) is 18.6. The van der Waals surface area contributed by atoms with Crippen LogP contribution in [0.5, 0.6) is 0 Å². The van der Waals surface area contributed by atoms with Crippen LogP contribution in [0.25, 0.3) is 0 Å². The van der Waals surface area contributed by atoms with Crippen LogP contribution >= 0.6 is 35.3 Å². The summed E-state index contributed by atoms with van der Waals surface area (Å²) in [4.78, 5) is 13.1. The molecule has 0 radical (unpaired) electrons. The number of thiazole rings is 1. The molecule has 1 aliphatic rings. The van der Waals surface area contributed by atoms with Gasteiger partial charge >= 0.3 is 0 Å². The standard InChI is InChI=1S/C19H35N5OS.HI/c1-4-17-15-22-18(26-17)6-9-21-19(20-5-2)23-14-16-7-10-24(11-8-16)12-13-25-3;/h15-16H,4-14H2,1-3H3,(H2,20,21,23);1H. The highest BCUT2D eigenvalue weighted by Gasteiger charge is 2.18. The summed E-state index contributed by atoms with van der Waals surface area (Å²) >= 11 is 1.81. The molecule has 1 aromatic heterocycles. The topological polar surface area (TPSA) is 61.8 Å². The lowest BCUT2D eigenvalue weighted by Gasteiger charge is -2.31. The number of aryl methyl sites for hydroxylation is 1. The van der Waals surface area contributed by atoms with Gasteiger partial charge in [0.05, 0.1) is 11.6 Å². The van der Waals surface area contributed by atoms with Gasteiger partial charge in [-0.25, -0.2) is 4.98 Å². The van der Waals surface area contributed by atoms with Crippen LogP contribution in [0.4, 0.5) is 0 Å². The molecule has 2 N–H and O–H groups in total. The van der Waals surface area contributed by atoms with Gasteiger partial charge in [-0.2, -0.15) is 0 Å². The van der Waals surface area contributed by atoms with Gasteiger partial charge in [-0.3, -0.25) is 4.99 Å². The first-order valence-electron chi connectivity index (χ1n) is 9.92. The van der Waals surface area contributed by atoms with E-state index in [0.717, 1.165) is 64.7 Å². The molecule has 0 unspecified atom stereocenters. The van der Waals surface area contributed by atoms with Crippen molar-refractivity contribution >= 4 is 41.3 Å². The molecular weight excluding hydrogens is 473 g/mol. The van der Waals surface area contributed by atoms with E-state index in [2.05, 4.69) is 34.4 Å². The molecule has 0 spiro atoms. The molecule has 0 amide bonds. The number of piperidine rings is 1. The molecule has 1 aliphatic heterocycles. The summed E-state index contributed by atoms with van der Waals surface area (Å²) in [6, 6.07) is 0. The minimum absolute atomic E-state index is 0. The van der Waals surface area contributed by atoms with Crippen molar-refractivity contribution in [2.24, 2.45) is 10.9 Å². The third-order valence-electron chi connectivity index (χ3n) is 4.75. The molecule has 2 rings (SSSR count). The van der Waals surface area contributed by atoms with E-state index in [4.69, 9.17) is 9.73 Å². The van der Waals surface area contributed by atoms with Gasteiger partial charge in [0, 0.05) is 50.8 Å². The molecule has 1 saturated heterocycles. The van der Waals surface area contributed by atoms with Gasteiger partial charge in [-0.1, -0.05) is 6.92 Å². The maximum Gasteiger partial charge on any atom is 0.191 e. The van der Waals surface area contributed by atoms with Crippen molar-refractivity contribution in [2.45, 2.75) is 39.5 Å². The number of likely N-dealkylation sites (tertiary alicyclic amines) is 1. The Morgan fingerprint density at radius 2 is 2.11 bits per heavy atom. The fourth-order valence-electron chi connectivity index (χ4n) is 3.09. The van der Waals surface area contributed by atoms with Crippen LogP contribution in [0.1, 0.15) is 36.6 Å². The minimum Gasteiger partial charge on any atom is -0.383 e. The summed E-state index contributed by atoms with van der Waals surface area (Å²) in [5, 5.41) is 8.01. The van der Waals surface area contributed by atoms with Gasteiger partial charge in [-0.05, 0) is 45.2 Å². The number of hydrogen-bond donors (Lipinski definition) is 2. The summed E-state index contributed by atoms with van der Waals surface area (Å²) in [6.45, 7) is 11.2. The molecular formula is C19H36IN5OS. The smallest absolute Gasteiger partial charge is 0.191 e. The highest BCUT2D eigenvalue weighted by molar-refractivity contribution is 14.0. The molecule has 156 valence electrons. The van der Waals surface area contributed by atoms with Gasteiger partial charge in [0.2, 0.25) is 0 Å². The second kappa shape index (κ2) is 14.5. The number of aliphatic imine (C=N–C) groups is 1. The highest BCUT2D eigenvalue weighted by Crippen LogP contribution is 2.17. The quantitative estimate of drug-likeness (QED) is 0.289. The van der Waals surface area contributed by atoms with Crippen molar-refractivity contribution in [1.29, 1.82) is 0 Å². The Morgan fingerprint density at radius 3 is 2.74 bits per heavy atom. The number of nitrogens with zero attached hydrogens (tertiary/aromatic N) is 3. The first-order chi connectivity index (χ1) is 12.7. The van der Waals surface area contributed by atoms with Crippen LogP contribution in [0.3, 0.4) is 0 Å². The van der Waals surface area contributed by atoms with E-state index >= 15 is 0 Å². The van der Waals surface area contributed by atoms with Gasteiger partial charge in [0.1, 0.15) is 0 Å². The van der Waals surface area contributed by atoms with Crippen LogP contribution in [-0.4, -0.2) is 68.8 Å². The molecule has 8 heteroatoms. The molecule has 6 nitrogen and oxygen atoms in total. The maximum absolute atomic E-state index is 5.17. The summed E-state index contributed by atoms with van der Waals surface area (Å²) < 4.78 is 5.17. The predicted octanol–water partition coefficient (Wildman–Crippen LogP) is 2.78. The number of ether oxygens (including phenoxy) is 1. The van der Waals surface area contributed by atoms with E-state index in [-0.39, 0.29) is 24.0 Å². The Hall–Kier alpha value is -0.450. The van der Waals surface area contributed by atoms with E-state index in [1.165, 1.54) is 22.7 Å². The number of methoxy groups -OCH3 is 1. The second-order valence-corrected chi connectivity index (χ2v) is 7.95. The molecule has 1 aromatic rings. The number of aromatic nitrogens is 1. The van der Waals surface area contributed by atoms with Crippen molar-refractivity contribution in [1.82, 2.24) is 20.5 Å². The Bertz CT molecular complexity index is 532. The Kier molecular flexibility index (Phi) is 13.2. The zero-order valence-corrected chi connectivity index (χ0v) is 20.1. The minimum atomic E-state index is 0. The van der Waals surface area contributed by atoms with E-state index in [1.54, 1.807) is 7.11 Å². The number of nitrogens with one attached hydrogen (secondary N) is 2. The van der Waals surface area contributed by atoms with E-state index in [0.29, 0.717) is 5.92 Å². The van der Waals surface area contributed by atoms with Gasteiger partial charge < -0.3 is 20.3 Å². The Morgan fingerprint density at radius 1 is 1.33 bits per heavy atom. The average molecular weight is 510 g/mol. The van der Waals surface area contributed by atoms with E-state index in [1.807, 2.05) is 17.5 Å². The number of rotatable bonds is 10. The van der Waals surface area contributed by atoms with Gasteiger partial charge in [0.15, 0.2) is 5.96 Å². The Balaban J connectivity index is 0.00000364. The summed E-state index contributed by atoms with van der Waals surface area (Å²) in [7, 11) is 1.77. The van der Waals surface area contributed by atoms with Crippen LogP contribution in [-0.2, 0) is 17.6 Å². The van der Waals surface area contributed by atoms with Crippen LogP contribution in [0, 0.1) is 5.92 Å². The third-order valence-corrected chi connectivity index (χ3v) is 5.95. The number of hydrogen-bond acceptors (Lipinski definition) is 5. The van der Waals surface area contributed by atoms with Crippen molar-refractivity contribution < 1.29 is 4.74 Å². The first kappa shape index (κ1) is 24.6. The first-order valence-corrected chi connectivity index (χ1v) is 10.7. The predicted molar refractivity (Wildman–Crippen MR) is 126 cm³/mol. The molecule has 27 heavy (non-hydrogen) atoms. The summed E-state index contributed by atoms with van der Waals surface area (Å²) in [6.07, 6.45) is 6.47. The van der Waals surface area contributed by atoms with E-state index in [9.17, 15) is 0 Å². The molecule has 2 heterocycles. The van der Waals surface area contributed by atoms with Crippen molar-refractivity contribution in [2.75, 3.05) is 53.0 Å². The maximum atomic E-state index is 5.17. The monoisotopic (exact) mass is 509 g/mol. The largest absolute Gasteiger partial charge is 0.383 e. The lowest BCUT2D eigenvalue weighted by molar-refractivity contribution is 0.121. The normalized spacial score (nSPS) is 16.2. The SMILES string of the molecule is CCNC(=NCC1CCN(CCOC)CC1)NCCc1ncc(CC)s1.I. The fraction of sp³-hybridized carbons (Fsp3) is 0.789. The molecule has 0 aromatic carbocycles. The number of halogens is 1. The second-order valence-electron chi connectivity index (χ2n) is 6.75. The van der Waals surface area contributed by atoms with Crippen molar-refractivity contribution in [3.8, 4) is 0 Å². The molecule has 0 saturated carbocycles. The van der Waals surface area contributed by atoms with Crippen LogP contribution < -0.4 is 10.6 Å². The molecule has 0 aliphatic carbocycles. The molecule has 0 atom stereocenters. The molecule has 0 bridgehead atoms.